The number of phenolic OH excluding ortho intramolecular Hbond substituents is 1. The first-order valence-corrected chi connectivity index (χ1v) is 20.8. The molecule has 4 atom stereocenters. The number of ether oxygens (including phenoxy) is 1. The molecular weight excluding hydrogens is 805 g/mol. The van der Waals surface area contributed by atoms with Gasteiger partial charge in [0.2, 0.25) is 23.6 Å². The summed E-state index contributed by atoms with van der Waals surface area (Å²) in [6, 6.07) is 14.1. The maximum Gasteiger partial charge on any atom is 0.255 e. The van der Waals surface area contributed by atoms with Gasteiger partial charge in [-0.15, -0.1) is 0 Å². The molecule has 17 nitrogen and oxygen atoms in total. The van der Waals surface area contributed by atoms with Crippen LogP contribution < -0.4 is 37.5 Å². The molecule has 63 heavy (non-hydrogen) atoms. The predicted octanol–water partition coefficient (Wildman–Crippen LogP) is 2.68. The van der Waals surface area contributed by atoms with E-state index in [2.05, 4.69) is 52.0 Å². The zero-order valence-electron chi connectivity index (χ0n) is 36.5. The molecule has 9 N–H and O–H groups in total. The van der Waals surface area contributed by atoms with Crippen LogP contribution in [0.5, 0.6) is 11.5 Å². The number of aromatic hydroxyl groups is 1. The number of hydrogen-bond donors (Lipinski definition) is 7. The molecule has 0 unspecified atom stereocenters. The van der Waals surface area contributed by atoms with Crippen LogP contribution in [0.15, 0.2) is 66.9 Å². The summed E-state index contributed by atoms with van der Waals surface area (Å²) in [7, 11) is 1.39. The molecule has 0 spiro atoms. The van der Waals surface area contributed by atoms with Gasteiger partial charge in [0.05, 0.1) is 17.3 Å². The van der Waals surface area contributed by atoms with Gasteiger partial charge in [-0.25, -0.2) is 9.97 Å². The van der Waals surface area contributed by atoms with Crippen molar-refractivity contribution in [3.05, 3.63) is 94.8 Å². The number of nitrogens with two attached hydrogens (primary N) is 2. The van der Waals surface area contributed by atoms with Gasteiger partial charge in [0.1, 0.15) is 48.8 Å². The Balaban J connectivity index is 1.51. The number of phenols is 1. The second-order valence-electron chi connectivity index (χ2n) is 16.1. The summed E-state index contributed by atoms with van der Waals surface area (Å²) in [5.74, 6) is -2.89. The van der Waals surface area contributed by atoms with Gasteiger partial charge in [-0.1, -0.05) is 57.2 Å². The third kappa shape index (κ3) is 11.1. The van der Waals surface area contributed by atoms with Crippen molar-refractivity contribution < 1.29 is 33.8 Å². The Morgan fingerprint density at radius 2 is 1.76 bits per heavy atom. The predicted molar refractivity (Wildman–Crippen MR) is 236 cm³/mol. The van der Waals surface area contributed by atoms with Crippen molar-refractivity contribution in [2.24, 2.45) is 11.5 Å². The highest BCUT2D eigenvalue weighted by atomic mass is 16.5. The van der Waals surface area contributed by atoms with E-state index in [0.29, 0.717) is 28.4 Å². The lowest BCUT2D eigenvalue weighted by atomic mass is 9.82. The number of aryl methyl sites for hydroxylation is 1. The van der Waals surface area contributed by atoms with E-state index in [1.165, 1.54) is 31.8 Å². The van der Waals surface area contributed by atoms with Crippen LogP contribution in [0.3, 0.4) is 0 Å². The van der Waals surface area contributed by atoms with Crippen LogP contribution in [-0.4, -0.2) is 101 Å². The van der Waals surface area contributed by atoms with E-state index in [1.807, 2.05) is 30.3 Å². The van der Waals surface area contributed by atoms with Gasteiger partial charge in [-0.2, -0.15) is 5.26 Å². The number of rotatable bonds is 14. The number of nitrogens with one attached hydrogen (secondary N) is 4. The van der Waals surface area contributed by atoms with Gasteiger partial charge in [0.15, 0.2) is 5.82 Å². The van der Waals surface area contributed by atoms with Gasteiger partial charge in [-0.3, -0.25) is 24.0 Å². The average Bonchev–Trinajstić information content (AvgIpc) is 3.27. The minimum atomic E-state index is -1.42. The highest BCUT2D eigenvalue weighted by Gasteiger charge is 2.36. The summed E-state index contributed by atoms with van der Waals surface area (Å²) in [6.45, 7) is 9.54. The number of amides is 5. The zero-order chi connectivity index (χ0) is 46.0. The third-order valence-electron chi connectivity index (χ3n) is 11.3. The summed E-state index contributed by atoms with van der Waals surface area (Å²) in [6.07, 6.45) is 2.33. The number of benzene rings is 3. The number of fused-ring (bicyclic) bond motifs is 5. The van der Waals surface area contributed by atoms with Crippen LogP contribution in [0.1, 0.15) is 79.3 Å². The summed E-state index contributed by atoms with van der Waals surface area (Å²) in [5.41, 5.74) is 15.6. The number of carbonyl (C=O) groups excluding carboxylic acids is 5. The van der Waals surface area contributed by atoms with Crippen molar-refractivity contribution in [3.8, 4) is 40.1 Å². The number of aromatic nitrogens is 2. The fraction of sp³-hybridized carbons (Fsp3) is 0.391. The van der Waals surface area contributed by atoms with Crippen LogP contribution in [0.2, 0.25) is 0 Å². The Hall–Kier alpha value is -6.90. The fourth-order valence-electron chi connectivity index (χ4n) is 7.19. The van der Waals surface area contributed by atoms with E-state index in [0.717, 1.165) is 16.9 Å². The van der Waals surface area contributed by atoms with Gasteiger partial charge in [0.25, 0.3) is 5.91 Å². The molecule has 2 heterocycles. The molecule has 0 fully saturated rings. The maximum atomic E-state index is 14.5. The Morgan fingerprint density at radius 1 is 1.03 bits per heavy atom. The lowest BCUT2D eigenvalue weighted by Gasteiger charge is -2.32. The first-order valence-electron chi connectivity index (χ1n) is 20.8. The monoisotopic (exact) mass is 860 g/mol. The van der Waals surface area contributed by atoms with Crippen molar-refractivity contribution in [2.45, 2.75) is 83.5 Å². The Labute approximate surface area is 367 Å². The van der Waals surface area contributed by atoms with E-state index in [4.69, 9.17) is 21.5 Å². The molecule has 0 aliphatic carbocycles. The molecule has 1 aliphatic heterocycles. The zero-order valence-corrected chi connectivity index (χ0v) is 36.5. The number of likely N-dealkylation sites (N-methyl/N-ethyl adjacent to an activating group) is 1. The summed E-state index contributed by atoms with van der Waals surface area (Å²) in [5, 5.41) is 30.9. The Morgan fingerprint density at radius 3 is 2.41 bits per heavy atom. The van der Waals surface area contributed by atoms with Crippen molar-refractivity contribution in [3.63, 3.8) is 0 Å². The van der Waals surface area contributed by atoms with E-state index in [-0.39, 0.29) is 66.9 Å². The molecular formula is C46H56N10O7. The highest BCUT2D eigenvalue weighted by molar-refractivity contribution is 6.00. The molecule has 5 amide bonds. The van der Waals surface area contributed by atoms with Crippen molar-refractivity contribution >= 4 is 29.5 Å². The Bertz CT molecular complexity index is 2380. The molecule has 17 heteroatoms. The van der Waals surface area contributed by atoms with Crippen LogP contribution in [0.4, 0.5) is 0 Å². The second kappa shape index (κ2) is 20.8. The molecule has 332 valence electrons. The van der Waals surface area contributed by atoms with Crippen LogP contribution in [0, 0.1) is 18.3 Å². The molecule has 0 saturated heterocycles. The minimum absolute atomic E-state index is 0.00176. The number of hydrogen-bond acceptors (Lipinski definition) is 12. The lowest BCUT2D eigenvalue weighted by molar-refractivity contribution is -0.141. The van der Waals surface area contributed by atoms with Gasteiger partial charge >= 0.3 is 0 Å². The topological polar surface area (TPSA) is 268 Å². The summed E-state index contributed by atoms with van der Waals surface area (Å²) >= 11 is 0. The van der Waals surface area contributed by atoms with Gasteiger partial charge < -0.3 is 47.5 Å². The molecule has 0 saturated carbocycles. The quantitative estimate of drug-likeness (QED) is 0.0903. The van der Waals surface area contributed by atoms with E-state index >= 15 is 0 Å². The largest absolute Gasteiger partial charge is 0.507 e. The van der Waals surface area contributed by atoms with Crippen LogP contribution in [0.25, 0.3) is 22.5 Å². The van der Waals surface area contributed by atoms with Gasteiger partial charge in [-0.05, 0) is 79.6 Å². The van der Waals surface area contributed by atoms with E-state index in [9.17, 15) is 29.1 Å². The van der Waals surface area contributed by atoms with Gasteiger partial charge in [0, 0.05) is 42.9 Å². The number of nitriles is 1. The van der Waals surface area contributed by atoms with Crippen molar-refractivity contribution in [2.75, 3.05) is 33.3 Å². The molecule has 4 aromatic rings. The molecule has 3 aromatic carbocycles. The van der Waals surface area contributed by atoms with Crippen molar-refractivity contribution in [1.82, 2.24) is 36.1 Å². The minimum Gasteiger partial charge on any atom is -0.507 e. The van der Waals surface area contributed by atoms with Crippen LogP contribution >= 0.6 is 0 Å². The molecule has 1 aliphatic rings. The third-order valence-corrected chi connectivity index (χ3v) is 11.3. The Kier molecular flexibility index (Phi) is 15.6. The first kappa shape index (κ1) is 47.2. The van der Waals surface area contributed by atoms with E-state index < -0.39 is 53.7 Å². The second-order valence-corrected chi connectivity index (χ2v) is 16.1. The fourth-order valence-corrected chi connectivity index (χ4v) is 7.19. The summed E-state index contributed by atoms with van der Waals surface area (Å²) < 4.78 is 5.97. The SMILES string of the molecule is CCC(C)(C)c1ccc(-c2ncc(C(=O)N[C@@H](CCN)C(=O)N(C)[C@@H]3C(=O)N[C@@H](C)C(=O)N[C@H](C(=O)NCC#N)Cc4ccc(O)c(c4)-c4cc3ccc4OCCN)c(C)n2)cc1. The average molecular weight is 861 g/mol. The molecule has 0 radical (unpaired) electrons. The van der Waals surface area contributed by atoms with Crippen LogP contribution in [-0.2, 0) is 31.0 Å². The van der Waals surface area contributed by atoms with Crippen molar-refractivity contribution in [1.29, 1.82) is 5.26 Å². The van der Waals surface area contributed by atoms with E-state index in [1.54, 1.807) is 37.3 Å². The summed E-state index contributed by atoms with van der Waals surface area (Å²) in [4.78, 5) is 79.8. The molecule has 1 aromatic heterocycles. The molecule has 4 bridgehead atoms. The lowest BCUT2D eigenvalue weighted by Crippen LogP contribution is -2.56. The normalized spacial score (nSPS) is 16.9. The highest BCUT2D eigenvalue weighted by Crippen LogP contribution is 2.39. The standard InChI is InChI=1S/C46H56N10O7/c1-7-46(4,5)31-12-9-29(10-13-31)40-51-25-34(26(2)52-40)42(59)54-35(16-17-47)45(62)56(6)39-30-11-15-38(63-21-19-49)33(24-30)32-22-28(8-14-37(32)57)23-36(43(60)50-20-18-48)55-41(58)27(3)53-44(39)61/h8-15,22,24-25,27,35-36,39,57H,7,16-17,19-21,23,47,49H2,1-6H3,(H,50,60)(H,53,61)(H,54,59)(H,55,58)/t27-,35-,36-,39-/m0/s1. The maximum absolute atomic E-state index is 14.5. The molecule has 5 rings (SSSR count). The number of carbonyl (C=O) groups is 5. The first-order chi connectivity index (χ1) is 30.0. The number of nitrogens with zero attached hydrogens (tertiary/aromatic N) is 4. The smallest absolute Gasteiger partial charge is 0.255 e.